The molecule has 1 unspecified atom stereocenters. The molecule has 1 aliphatic rings. The Balaban J connectivity index is 1.67. The van der Waals surface area contributed by atoms with Gasteiger partial charge in [-0.2, -0.15) is 4.31 Å². The normalized spacial score (nSPS) is 17.5. The number of carbonyl (C=O) groups is 1. The van der Waals surface area contributed by atoms with Crippen LogP contribution in [0.2, 0.25) is 5.02 Å². The van der Waals surface area contributed by atoms with Gasteiger partial charge in [-0.1, -0.05) is 29.8 Å². The van der Waals surface area contributed by atoms with Crippen molar-refractivity contribution in [2.24, 2.45) is 0 Å². The molecule has 6 nitrogen and oxygen atoms in total. The number of hydrogen-bond acceptors (Lipinski definition) is 4. The van der Waals surface area contributed by atoms with Crippen molar-refractivity contribution in [3.63, 3.8) is 0 Å². The summed E-state index contributed by atoms with van der Waals surface area (Å²) in [7, 11) is -3.98. The molecule has 1 amide bonds. The minimum absolute atomic E-state index is 0.0456. The highest BCUT2D eigenvalue weighted by molar-refractivity contribution is 7.89. The molecular formula is C20H17ClFN3O3S. The van der Waals surface area contributed by atoms with Crippen molar-refractivity contribution < 1.29 is 17.6 Å². The molecule has 0 radical (unpaired) electrons. The first-order valence-electron chi connectivity index (χ1n) is 8.99. The summed E-state index contributed by atoms with van der Waals surface area (Å²) in [5.74, 6) is -1.24. The molecule has 1 fully saturated rings. The number of halogens is 2. The minimum atomic E-state index is -3.98. The molecule has 4 rings (SSSR count). The van der Waals surface area contributed by atoms with Crippen molar-refractivity contribution in [2.45, 2.75) is 23.8 Å². The minimum Gasteiger partial charge on any atom is -0.322 e. The maximum Gasteiger partial charge on any atom is 0.245 e. The number of pyridine rings is 1. The Morgan fingerprint density at radius 2 is 2.00 bits per heavy atom. The molecule has 0 spiro atoms. The maximum atomic E-state index is 14.0. The van der Waals surface area contributed by atoms with Gasteiger partial charge in [0.15, 0.2) is 0 Å². The molecule has 0 bridgehead atoms. The van der Waals surface area contributed by atoms with E-state index in [1.165, 1.54) is 24.4 Å². The molecular weight excluding hydrogens is 417 g/mol. The lowest BCUT2D eigenvalue weighted by atomic mass is 10.2. The number of rotatable bonds is 4. The highest BCUT2D eigenvalue weighted by atomic mass is 35.5. The molecule has 2 heterocycles. The molecule has 9 heteroatoms. The predicted octanol–water partition coefficient (Wildman–Crippen LogP) is 3.82. The number of sulfonamides is 1. The molecule has 0 saturated carbocycles. The van der Waals surface area contributed by atoms with Gasteiger partial charge in [0, 0.05) is 23.2 Å². The Kier molecular flexibility index (Phi) is 5.24. The summed E-state index contributed by atoms with van der Waals surface area (Å²) >= 11 is 5.87. The van der Waals surface area contributed by atoms with Crippen molar-refractivity contribution in [1.29, 1.82) is 0 Å². The third kappa shape index (κ3) is 3.71. The van der Waals surface area contributed by atoms with E-state index in [0.29, 0.717) is 23.7 Å². The van der Waals surface area contributed by atoms with Crippen molar-refractivity contribution in [3.8, 4) is 0 Å². The molecule has 29 heavy (non-hydrogen) atoms. The van der Waals surface area contributed by atoms with Gasteiger partial charge in [0.05, 0.1) is 11.2 Å². The van der Waals surface area contributed by atoms with Gasteiger partial charge in [0.2, 0.25) is 15.9 Å². The molecule has 1 saturated heterocycles. The Morgan fingerprint density at radius 1 is 1.21 bits per heavy atom. The fraction of sp³-hybridized carbons (Fsp3) is 0.200. The van der Waals surface area contributed by atoms with Crippen LogP contribution in [0.1, 0.15) is 12.8 Å². The number of nitrogens with one attached hydrogen (secondary N) is 1. The second kappa shape index (κ2) is 7.70. The van der Waals surface area contributed by atoms with Crippen LogP contribution in [0.15, 0.2) is 59.6 Å². The Morgan fingerprint density at radius 3 is 2.83 bits per heavy atom. The molecule has 3 aromatic rings. The van der Waals surface area contributed by atoms with Crippen LogP contribution in [0, 0.1) is 5.82 Å². The smallest absolute Gasteiger partial charge is 0.245 e. The van der Waals surface area contributed by atoms with Gasteiger partial charge in [0.1, 0.15) is 16.8 Å². The molecule has 2 aromatic carbocycles. The third-order valence-electron chi connectivity index (χ3n) is 4.87. The van der Waals surface area contributed by atoms with Gasteiger partial charge in [-0.15, -0.1) is 0 Å². The van der Waals surface area contributed by atoms with E-state index in [1.807, 2.05) is 0 Å². The average molecular weight is 434 g/mol. The van der Waals surface area contributed by atoms with Gasteiger partial charge >= 0.3 is 0 Å². The summed E-state index contributed by atoms with van der Waals surface area (Å²) in [6.45, 7) is 0.196. The van der Waals surface area contributed by atoms with E-state index in [4.69, 9.17) is 11.6 Å². The molecule has 1 aliphatic heterocycles. The van der Waals surface area contributed by atoms with Gasteiger partial charge < -0.3 is 5.32 Å². The first-order valence-corrected chi connectivity index (χ1v) is 10.8. The summed E-state index contributed by atoms with van der Waals surface area (Å²) < 4.78 is 41.8. The van der Waals surface area contributed by atoms with Crippen LogP contribution in [0.25, 0.3) is 10.9 Å². The number of carbonyl (C=O) groups excluding carboxylic acids is 1. The zero-order valence-electron chi connectivity index (χ0n) is 15.2. The SMILES string of the molecule is O=C(Nc1cc(Cl)ccc1F)C1CCCN1S(=O)(=O)c1cccc2cccnc12. The standard InChI is InChI=1S/C20H17ClFN3O3S/c21-14-8-9-15(22)16(12-14)24-20(26)17-6-3-11-25(17)29(27,28)18-7-1-4-13-5-2-10-23-19(13)18/h1-2,4-5,7-10,12,17H,3,6,11H2,(H,24,26). The monoisotopic (exact) mass is 433 g/mol. The summed E-state index contributed by atoms with van der Waals surface area (Å²) in [4.78, 5) is 17.0. The molecule has 1 aromatic heterocycles. The Hall–Kier alpha value is -2.55. The van der Waals surface area contributed by atoms with Gasteiger partial charge in [-0.3, -0.25) is 9.78 Å². The summed E-state index contributed by atoms with van der Waals surface area (Å²) in [6, 6.07) is 11.3. The first kappa shape index (κ1) is 19.8. The fourth-order valence-corrected chi connectivity index (χ4v) is 5.51. The lowest BCUT2D eigenvalue weighted by Crippen LogP contribution is -2.43. The maximum absolute atomic E-state index is 14.0. The van der Waals surface area contributed by atoms with Crippen LogP contribution in [0.3, 0.4) is 0 Å². The van der Waals surface area contributed by atoms with E-state index in [2.05, 4.69) is 10.3 Å². The zero-order valence-corrected chi connectivity index (χ0v) is 16.8. The van der Waals surface area contributed by atoms with E-state index in [1.54, 1.807) is 24.3 Å². The Bertz CT molecular complexity index is 1200. The lowest BCUT2D eigenvalue weighted by molar-refractivity contribution is -0.119. The van der Waals surface area contributed by atoms with E-state index in [0.717, 1.165) is 10.4 Å². The van der Waals surface area contributed by atoms with E-state index in [-0.39, 0.29) is 22.2 Å². The molecule has 0 aliphatic carbocycles. The van der Waals surface area contributed by atoms with Crippen LogP contribution >= 0.6 is 11.6 Å². The Labute approximate surface area is 172 Å². The lowest BCUT2D eigenvalue weighted by Gasteiger charge is -2.24. The quantitative estimate of drug-likeness (QED) is 0.678. The van der Waals surface area contributed by atoms with Gasteiger partial charge in [-0.25, -0.2) is 12.8 Å². The zero-order chi connectivity index (χ0) is 20.6. The summed E-state index contributed by atoms with van der Waals surface area (Å²) in [5, 5.41) is 3.42. The average Bonchev–Trinajstić information content (AvgIpc) is 3.21. The van der Waals surface area contributed by atoms with E-state index >= 15 is 0 Å². The number of aromatic nitrogens is 1. The fourth-order valence-electron chi connectivity index (χ4n) is 3.51. The number of anilines is 1. The molecule has 150 valence electrons. The van der Waals surface area contributed by atoms with Gasteiger partial charge in [0.25, 0.3) is 0 Å². The van der Waals surface area contributed by atoms with Crippen LogP contribution in [-0.2, 0) is 14.8 Å². The number of amides is 1. The second-order valence-corrected chi connectivity index (χ2v) is 9.01. The van der Waals surface area contributed by atoms with Crippen LogP contribution < -0.4 is 5.32 Å². The van der Waals surface area contributed by atoms with Crippen LogP contribution in [0.5, 0.6) is 0 Å². The summed E-state index contributed by atoms with van der Waals surface area (Å²) in [5.41, 5.74) is 0.264. The summed E-state index contributed by atoms with van der Waals surface area (Å²) in [6.07, 6.45) is 2.39. The molecule has 1 N–H and O–H groups in total. The predicted molar refractivity (Wildman–Crippen MR) is 109 cm³/mol. The van der Waals surface area contributed by atoms with E-state index in [9.17, 15) is 17.6 Å². The second-order valence-electron chi connectivity index (χ2n) is 6.72. The van der Waals surface area contributed by atoms with Crippen LogP contribution in [-0.4, -0.2) is 36.2 Å². The number of benzene rings is 2. The van der Waals surface area contributed by atoms with Crippen molar-refractivity contribution in [3.05, 3.63) is 65.6 Å². The van der Waals surface area contributed by atoms with Gasteiger partial charge in [-0.05, 0) is 43.2 Å². The van der Waals surface area contributed by atoms with Crippen molar-refractivity contribution in [1.82, 2.24) is 9.29 Å². The van der Waals surface area contributed by atoms with Crippen molar-refractivity contribution in [2.75, 3.05) is 11.9 Å². The highest BCUT2D eigenvalue weighted by Crippen LogP contribution is 2.30. The van der Waals surface area contributed by atoms with Crippen LogP contribution in [0.4, 0.5) is 10.1 Å². The number of hydrogen-bond donors (Lipinski definition) is 1. The largest absolute Gasteiger partial charge is 0.322 e. The van der Waals surface area contributed by atoms with Crippen molar-refractivity contribution >= 4 is 44.1 Å². The topological polar surface area (TPSA) is 79.4 Å². The number of fused-ring (bicyclic) bond motifs is 1. The third-order valence-corrected chi connectivity index (χ3v) is 7.05. The number of nitrogens with zero attached hydrogens (tertiary/aromatic N) is 2. The first-order chi connectivity index (χ1) is 13.9. The highest BCUT2D eigenvalue weighted by Gasteiger charge is 2.40. The number of para-hydroxylation sites is 1. The van der Waals surface area contributed by atoms with E-state index < -0.39 is 27.8 Å². The molecule has 1 atom stereocenters.